The van der Waals surface area contributed by atoms with Crippen LogP contribution < -0.4 is 10.1 Å². The number of amides is 1. The van der Waals surface area contributed by atoms with Crippen LogP contribution in [0.1, 0.15) is 23.1 Å². The molecular formula is C14H17N3O2S. The number of carbonyl (C=O) groups excluding carboxylic acids is 1. The van der Waals surface area contributed by atoms with Crippen molar-refractivity contribution in [3.05, 3.63) is 34.3 Å². The van der Waals surface area contributed by atoms with Gasteiger partial charge in [0, 0.05) is 13.3 Å². The van der Waals surface area contributed by atoms with Crippen molar-refractivity contribution in [2.45, 2.75) is 27.2 Å². The minimum absolute atomic E-state index is 0.140. The van der Waals surface area contributed by atoms with E-state index in [0.29, 0.717) is 18.2 Å². The molecule has 0 aliphatic carbocycles. The SMILES string of the molecule is CC(=O)Nc1nnc(CCOc2cc(C)cc(C)c2)s1. The summed E-state index contributed by atoms with van der Waals surface area (Å²) in [5.74, 6) is 0.730. The van der Waals surface area contributed by atoms with E-state index in [-0.39, 0.29) is 5.91 Å². The summed E-state index contributed by atoms with van der Waals surface area (Å²) in [4.78, 5) is 10.9. The largest absolute Gasteiger partial charge is 0.493 e. The van der Waals surface area contributed by atoms with Gasteiger partial charge in [0.2, 0.25) is 11.0 Å². The van der Waals surface area contributed by atoms with Crippen molar-refractivity contribution in [1.82, 2.24) is 10.2 Å². The first-order chi connectivity index (χ1) is 9.52. The molecule has 5 nitrogen and oxygen atoms in total. The Labute approximate surface area is 122 Å². The third-order valence-electron chi connectivity index (χ3n) is 2.53. The highest BCUT2D eigenvalue weighted by Gasteiger charge is 2.05. The highest BCUT2D eigenvalue weighted by Crippen LogP contribution is 2.18. The molecule has 20 heavy (non-hydrogen) atoms. The molecule has 0 saturated carbocycles. The van der Waals surface area contributed by atoms with E-state index in [0.717, 1.165) is 10.8 Å². The summed E-state index contributed by atoms with van der Waals surface area (Å²) in [5, 5.41) is 11.9. The topological polar surface area (TPSA) is 64.1 Å². The molecule has 0 spiro atoms. The summed E-state index contributed by atoms with van der Waals surface area (Å²) in [6.07, 6.45) is 0.671. The van der Waals surface area contributed by atoms with E-state index in [4.69, 9.17) is 4.74 Å². The highest BCUT2D eigenvalue weighted by molar-refractivity contribution is 7.15. The van der Waals surface area contributed by atoms with Gasteiger partial charge in [-0.3, -0.25) is 4.79 Å². The molecule has 1 heterocycles. The molecule has 1 aromatic carbocycles. The third-order valence-corrected chi connectivity index (χ3v) is 3.43. The number of anilines is 1. The molecule has 0 aliphatic rings. The van der Waals surface area contributed by atoms with E-state index >= 15 is 0 Å². The maximum Gasteiger partial charge on any atom is 0.223 e. The van der Waals surface area contributed by atoms with E-state index in [2.05, 4.69) is 21.6 Å². The Morgan fingerprint density at radius 1 is 1.25 bits per heavy atom. The maximum absolute atomic E-state index is 10.9. The van der Waals surface area contributed by atoms with Gasteiger partial charge >= 0.3 is 0 Å². The average molecular weight is 291 g/mol. The highest BCUT2D eigenvalue weighted by atomic mass is 32.1. The molecule has 1 N–H and O–H groups in total. The van der Waals surface area contributed by atoms with Gasteiger partial charge < -0.3 is 10.1 Å². The lowest BCUT2D eigenvalue weighted by Gasteiger charge is -2.06. The molecule has 0 radical (unpaired) electrons. The molecule has 1 aromatic heterocycles. The van der Waals surface area contributed by atoms with Gasteiger partial charge in [0.05, 0.1) is 6.61 Å². The van der Waals surface area contributed by atoms with Gasteiger partial charge in [-0.15, -0.1) is 10.2 Å². The minimum Gasteiger partial charge on any atom is -0.493 e. The monoisotopic (exact) mass is 291 g/mol. The summed E-state index contributed by atoms with van der Waals surface area (Å²) in [5.41, 5.74) is 2.37. The van der Waals surface area contributed by atoms with Crippen molar-refractivity contribution in [3.63, 3.8) is 0 Å². The first kappa shape index (κ1) is 14.5. The molecule has 2 rings (SSSR count). The van der Waals surface area contributed by atoms with Gasteiger partial charge in [0.15, 0.2) is 0 Å². The second-order valence-electron chi connectivity index (χ2n) is 4.60. The predicted octanol–water partition coefficient (Wildman–Crippen LogP) is 2.73. The molecular weight excluding hydrogens is 274 g/mol. The third kappa shape index (κ3) is 4.31. The van der Waals surface area contributed by atoms with Crippen LogP contribution >= 0.6 is 11.3 Å². The van der Waals surface area contributed by atoms with Crippen molar-refractivity contribution >= 4 is 22.4 Å². The summed E-state index contributed by atoms with van der Waals surface area (Å²) in [7, 11) is 0. The van der Waals surface area contributed by atoms with Crippen LogP contribution in [-0.2, 0) is 11.2 Å². The van der Waals surface area contributed by atoms with Gasteiger partial charge in [-0.2, -0.15) is 0 Å². The average Bonchev–Trinajstić information content (AvgIpc) is 2.74. The Morgan fingerprint density at radius 3 is 2.60 bits per heavy atom. The van der Waals surface area contributed by atoms with Crippen molar-refractivity contribution in [3.8, 4) is 5.75 Å². The van der Waals surface area contributed by atoms with E-state index in [1.807, 2.05) is 26.0 Å². The van der Waals surface area contributed by atoms with E-state index in [9.17, 15) is 4.79 Å². The number of ether oxygens (including phenoxy) is 1. The van der Waals surface area contributed by atoms with Crippen LogP contribution in [0.5, 0.6) is 5.75 Å². The lowest BCUT2D eigenvalue weighted by atomic mass is 10.1. The van der Waals surface area contributed by atoms with E-state index in [1.165, 1.54) is 29.4 Å². The molecule has 0 fully saturated rings. The van der Waals surface area contributed by atoms with Crippen molar-refractivity contribution in [2.24, 2.45) is 0 Å². The molecule has 0 unspecified atom stereocenters. The molecule has 0 saturated heterocycles. The van der Waals surface area contributed by atoms with Crippen molar-refractivity contribution < 1.29 is 9.53 Å². The van der Waals surface area contributed by atoms with Crippen LogP contribution in [0, 0.1) is 13.8 Å². The number of nitrogens with one attached hydrogen (secondary N) is 1. The van der Waals surface area contributed by atoms with Crippen molar-refractivity contribution in [2.75, 3.05) is 11.9 Å². The number of rotatable bonds is 5. The molecule has 6 heteroatoms. The number of benzene rings is 1. The lowest BCUT2D eigenvalue weighted by Crippen LogP contribution is -2.04. The number of carbonyl (C=O) groups is 1. The zero-order valence-corrected chi connectivity index (χ0v) is 12.6. The summed E-state index contributed by atoms with van der Waals surface area (Å²) < 4.78 is 5.71. The number of aromatic nitrogens is 2. The van der Waals surface area contributed by atoms with Crippen LogP contribution in [0.4, 0.5) is 5.13 Å². The summed E-state index contributed by atoms with van der Waals surface area (Å²) in [6, 6.07) is 6.13. The first-order valence-electron chi connectivity index (χ1n) is 6.34. The fraction of sp³-hybridized carbons (Fsp3) is 0.357. The Hall–Kier alpha value is -1.95. The number of hydrogen-bond donors (Lipinski definition) is 1. The zero-order valence-electron chi connectivity index (χ0n) is 11.8. The van der Waals surface area contributed by atoms with Crippen LogP contribution in [0.2, 0.25) is 0 Å². The molecule has 1 amide bonds. The van der Waals surface area contributed by atoms with Crippen molar-refractivity contribution in [1.29, 1.82) is 0 Å². The first-order valence-corrected chi connectivity index (χ1v) is 7.15. The second kappa shape index (κ2) is 6.47. The molecule has 0 aliphatic heterocycles. The Kier molecular flexibility index (Phi) is 4.68. The molecule has 0 atom stereocenters. The molecule has 106 valence electrons. The fourth-order valence-corrected chi connectivity index (χ4v) is 2.59. The van der Waals surface area contributed by atoms with Gasteiger partial charge in [0.25, 0.3) is 0 Å². The van der Waals surface area contributed by atoms with Crippen LogP contribution in [0.3, 0.4) is 0 Å². The zero-order chi connectivity index (χ0) is 14.5. The lowest BCUT2D eigenvalue weighted by molar-refractivity contribution is -0.114. The van der Waals surface area contributed by atoms with Crippen LogP contribution in [0.15, 0.2) is 18.2 Å². The van der Waals surface area contributed by atoms with Gasteiger partial charge in [0.1, 0.15) is 10.8 Å². The summed E-state index contributed by atoms with van der Waals surface area (Å²) in [6.45, 7) is 6.08. The van der Waals surface area contributed by atoms with Gasteiger partial charge in [-0.1, -0.05) is 17.4 Å². The van der Waals surface area contributed by atoms with Gasteiger partial charge in [-0.05, 0) is 37.1 Å². The number of aryl methyl sites for hydroxylation is 2. The predicted molar refractivity (Wildman–Crippen MR) is 79.3 cm³/mol. The normalized spacial score (nSPS) is 10.3. The fourth-order valence-electron chi connectivity index (χ4n) is 1.83. The maximum atomic E-state index is 10.9. The number of nitrogens with zero attached hydrogens (tertiary/aromatic N) is 2. The van der Waals surface area contributed by atoms with Crippen LogP contribution in [-0.4, -0.2) is 22.7 Å². The number of hydrogen-bond acceptors (Lipinski definition) is 5. The van der Waals surface area contributed by atoms with E-state index in [1.54, 1.807) is 0 Å². The Bertz CT molecular complexity index is 590. The smallest absolute Gasteiger partial charge is 0.223 e. The quantitative estimate of drug-likeness (QED) is 0.920. The minimum atomic E-state index is -0.140. The Balaban J connectivity index is 1.86. The molecule has 2 aromatic rings. The van der Waals surface area contributed by atoms with Gasteiger partial charge in [-0.25, -0.2) is 0 Å². The Morgan fingerprint density at radius 2 is 1.95 bits per heavy atom. The molecule has 0 bridgehead atoms. The standard InChI is InChI=1S/C14H17N3O2S/c1-9-6-10(2)8-12(7-9)19-5-4-13-16-17-14(20-13)15-11(3)18/h6-8H,4-5H2,1-3H3,(H,15,17,18). The van der Waals surface area contributed by atoms with Crippen LogP contribution in [0.25, 0.3) is 0 Å². The summed E-state index contributed by atoms with van der Waals surface area (Å²) >= 11 is 1.37. The second-order valence-corrected chi connectivity index (χ2v) is 5.67. The van der Waals surface area contributed by atoms with E-state index < -0.39 is 0 Å².